The molecule has 8 heteroatoms. The monoisotopic (exact) mass is 444 g/mol. The molecular formula is C22H24N2O4S2. The summed E-state index contributed by atoms with van der Waals surface area (Å²) in [5, 5.41) is 0.601. The Kier molecular flexibility index (Phi) is 5.65. The highest BCUT2D eigenvalue weighted by atomic mass is 32.2. The Morgan fingerprint density at radius 3 is 2.77 bits per heavy atom. The van der Waals surface area contributed by atoms with Gasteiger partial charge in [-0.15, -0.1) is 0 Å². The lowest BCUT2D eigenvalue weighted by Crippen LogP contribution is -2.37. The number of anilines is 1. The van der Waals surface area contributed by atoms with Crippen molar-refractivity contribution in [2.45, 2.75) is 37.7 Å². The van der Waals surface area contributed by atoms with Gasteiger partial charge in [0.1, 0.15) is 0 Å². The van der Waals surface area contributed by atoms with Gasteiger partial charge in [0.05, 0.1) is 27.8 Å². The maximum atomic E-state index is 13.5. The second kappa shape index (κ2) is 8.09. The number of benzene rings is 2. The molecule has 0 saturated carbocycles. The quantitative estimate of drug-likeness (QED) is 0.591. The number of thiazole rings is 1. The van der Waals surface area contributed by atoms with Crippen LogP contribution >= 0.6 is 11.3 Å². The van der Waals surface area contributed by atoms with Gasteiger partial charge in [-0.25, -0.2) is 13.4 Å². The summed E-state index contributed by atoms with van der Waals surface area (Å²) < 4.78 is 30.7. The SMILES string of the molecule is Cc1cc(C)c2nc(N(CC3CCCO3)C(=O)c3cccc(S(C)(=O)=O)c3)sc2c1. The van der Waals surface area contributed by atoms with E-state index < -0.39 is 9.84 Å². The number of ether oxygens (including phenoxy) is 1. The van der Waals surface area contributed by atoms with Gasteiger partial charge in [-0.1, -0.05) is 23.5 Å². The average molecular weight is 445 g/mol. The summed E-state index contributed by atoms with van der Waals surface area (Å²) in [7, 11) is -3.41. The number of rotatable bonds is 5. The van der Waals surface area contributed by atoms with Gasteiger partial charge >= 0.3 is 0 Å². The molecule has 4 rings (SSSR count). The molecule has 1 aliphatic heterocycles. The van der Waals surface area contributed by atoms with Gasteiger partial charge < -0.3 is 4.74 Å². The predicted octanol–water partition coefficient (Wildman–Crippen LogP) is 4.14. The van der Waals surface area contributed by atoms with Crippen LogP contribution in [0.2, 0.25) is 0 Å². The van der Waals surface area contributed by atoms with E-state index in [1.54, 1.807) is 17.0 Å². The zero-order valence-electron chi connectivity index (χ0n) is 17.2. The van der Waals surface area contributed by atoms with Crippen LogP contribution < -0.4 is 4.90 Å². The summed E-state index contributed by atoms with van der Waals surface area (Å²) in [6.45, 7) is 5.13. The largest absolute Gasteiger partial charge is 0.376 e. The standard InChI is InChI=1S/C22H24N2O4S2/c1-14-10-15(2)20-19(11-14)29-22(23-20)24(13-17-7-5-9-28-17)21(25)16-6-4-8-18(12-16)30(3,26)27/h4,6,8,10-12,17H,5,7,9,13H2,1-3H3. The number of aromatic nitrogens is 1. The first kappa shape index (κ1) is 21.0. The molecule has 158 valence electrons. The van der Waals surface area contributed by atoms with E-state index >= 15 is 0 Å². The number of fused-ring (bicyclic) bond motifs is 1. The Bertz CT molecular complexity index is 1210. The van der Waals surface area contributed by atoms with Crippen molar-refractivity contribution in [3.63, 3.8) is 0 Å². The molecule has 0 bridgehead atoms. The van der Waals surface area contributed by atoms with Crippen molar-refractivity contribution in [1.29, 1.82) is 0 Å². The first-order valence-electron chi connectivity index (χ1n) is 9.84. The third kappa shape index (κ3) is 4.26. The van der Waals surface area contributed by atoms with E-state index in [1.165, 1.54) is 23.5 Å². The van der Waals surface area contributed by atoms with Crippen molar-refractivity contribution in [2.75, 3.05) is 24.3 Å². The number of hydrogen-bond acceptors (Lipinski definition) is 6. The van der Waals surface area contributed by atoms with E-state index in [0.717, 1.165) is 40.4 Å². The van der Waals surface area contributed by atoms with Crippen molar-refractivity contribution in [2.24, 2.45) is 0 Å². The number of sulfone groups is 1. The zero-order chi connectivity index (χ0) is 21.5. The number of carbonyl (C=O) groups is 1. The molecule has 30 heavy (non-hydrogen) atoms. The van der Waals surface area contributed by atoms with Gasteiger partial charge in [0.25, 0.3) is 5.91 Å². The lowest BCUT2D eigenvalue weighted by molar-refractivity contribution is 0.0917. The van der Waals surface area contributed by atoms with Gasteiger partial charge in [-0.05, 0) is 62.1 Å². The average Bonchev–Trinajstić information content (AvgIpc) is 3.34. The van der Waals surface area contributed by atoms with E-state index in [2.05, 4.69) is 12.1 Å². The van der Waals surface area contributed by atoms with Gasteiger partial charge in [0.15, 0.2) is 15.0 Å². The molecule has 2 aromatic carbocycles. The molecule has 2 heterocycles. The van der Waals surface area contributed by atoms with Crippen LogP contribution in [0.15, 0.2) is 41.3 Å². The lowest BCUT2D eigenvalue weighted by atomic mass is 10.1. The van der Waals surface area contributed by atoms with Gasteiger partial charge in [0, 0.05) is 18.4 Å². The van der Waals surface area contributed by atoms with Gasteiger partial charge in [0.2, 0.25) is 0 Å². The molecule has 0 radical (unpaired) electrons. The fraction of sp³-hybridized carbons (Fsp3) is 0.364. The van der Waals surface area contributed by atoms with E-state index in [0.29, 0.717) is 23.8 Å². The molecule has 1 amide bonds. The summed E-state index contributed by atoms with van der Waals surface area (Å²) in [4.78, 5) is 20.0. The van der Waals surface area contributed by atoms with Crippen LogP contribution in [0, 0.1) is 13.8 Å². The summed E-state index contributed by atoms with van der Waals surface area (Å²) in [6, 6.07) is 10.3. The number of nitrogens with zero attached hydrogens (tertiary/aromatic N) is 2. The van der Waals surface area contributed by atoms with E-state index in [1.807, 2.05) is 13.8 Å². The number of carbonyl (C=O) groups excluding carboxylic acids is 1. The van der Waals surface area contributed by atoms with E-state index in [4.69, 9.17) is 9.72 Å². The summed E-state index contributed by atoms with van der Waals surface area (Å²) in [5.74, 6) is -0.274. The Morgan fingerprint density at radius 1 is 1.27 bits per heavy atom. The first-order valence-corrected chi connectivity index (χ1v) is 12.5. The molecule has 3 aromatic rings. The number of amides is 1. The third-order valence-corrected chi connectivity index (χ3v) is 7.35. The van der Waals surface area contributed by atoms with Crippen LogP contribution in [0.5, 0.6) is 0 Å². The minimum Gasteiger partial charge on any atom is -0.376 e. The summed E-state index contributed by atoms with van der Waals surface area (Å²) >= 11 is 1.47. The van der Waals surface area contributed by atoms with Crippen LogP contribution in [-0.2, 0) is 14.6 Å². The zero-order valence-corrected chi connectivity index (χ0v) is 18.8. The van der Waals surface area contributed by atoms with Crippen LogP contribution in [-0.4, -0.2) is 44.8 Å². The molecule has 1 unspecified atom stereocenters. The van der Waals surface area contributed by atoms with Crippen molar-refractivity contribution >= 4 is 42.4 Å². The summed E-state index contributed by atoms with van der Waals surface area (Å²) in [5.41, 5.74) is 3.42. The molecule has 1 aliphatic rings. The van der Waals surface area contributed by atoms with Crippen LogP contribution in [0.4, 0.5) is 5.13 Å². The Balaban J connectivity index is 1.77. The maximum Gasteiger partial charge on any atom is 0.260 e. The maximum absolute atomic E-state index is 13.5. The fourth-order valence-corrected chi connectivity index (χ4v) is 5.55. The molecule has 1 saturated heterocycles. The van der Waals surface area contributed by atoms with E-state index in [9.17, 15) is 13.2 Å². The van der Waals surface area contributed by atoms with Gasteiger partial charge in [-0.3, -0.25) is 9.69 Å². The van der Waals surface area contributed by atoms with Gasteiger partial charge in [-0.2, -0.15) is 0 Å². The molecule has 0 aliphatic carbocycles. The number of hydrogen-bond donors (Lipinski definition) is 0. The molecule has 6 nitrogen and oxygen atoms in total. The Morgan fingerprint density at radius 2 is 2.07 bits per heavy atom. The second-order valence-electron chi connectivity index (χ2n) is 7.78. The highest BCUT2D eigenvalue weighted by molar-refractivity contribution is 7.90. The smallest absolute Gasteiger partial charge is 0.260 e. The van der Waals surface area contributed by atoms with Crippen molar-refractivity contribution < 1.29 is 17.9 Å². The minimum absolute atomic E-state index is 0.0538. The summed E-state index contributed by atoms with van der Waals surface area (Å²) in [6.07, 6.45) is 2.94. The first-order chi connectivity index (χ1) is 14.2. The molecule has 1 fully saturated rings. The number of aryl methyl sites for hydroxylation is 2. The molecule has 0 spiro atoms. The lowest BCUT2D eigenvalue weighted by Gasteiger charge is -2.23. The molecule has 0 N–H and O–H groups in total. The van der Waals surface area contributed by atoms with E-state index in [-0.39, 0.29) is 16.9 Å². The van der Waals surface area contributed by atoms with Crippen molar-refractivity contribution in [3.8, 4) is 0 Å². The van der Waals surface area contributed by atoms with Crippen LogP contribution in [0.3, 0.4) is 0 Å². The highest BCUT2D eigenvalue weighted by Crippen LogP contribution is 2.33. The molecule has 1 aromatic heterocycles. The Labute approximate surface area is 180 Å². The predicted molar refractivity (Wildman–Crippen MR) is 119 cm³/mol. The van der Waals surface area contributed by atoms with Crippen LogP contribution in [0.25, 0.3) is 10.2 Å². The highest BCUT2D eigenvalue weighted by Gasteiger charge is 2.28. The molecular weight excluding hydrogens is 420 g/mol. The third-order valence-electron chi connectivity index (χ3n) is 5.21. The topological polar surface area (TPSA) is 76.6 Å². The van der Waals surface area contributed by atoms with Crippen LogP contribution in [0.1, 0.15) is 34.3 Å². The van der Waals surface area contributed by atoms with Crippen molar-refractivity contribution in [3.05, 3.63) is 53.1 Å². The molecule has 1 atom stereocenters. The van der Waals surface area contributed by atoms with Crippen molar-refractivity contribution in [1.82, 2.24) is 4.98 Å². The second-order valence-corrected chi connectivity index (χ2v) is 10.8. The minimum atomic E-state index is -3.41. The Hall–Kier alpha value is -2.29. The normalized spacial score (nSPS) is 16.8. The fourth-order valence-electron chi connectivity index (χ4n) is 3.73.